The highest BCUT2D eigenvalue weighted by atomic mass is 31.2. The Morgan fingerprint density at radius 2 is 0.981 bits per heavy atom. The molecule has 0 aliphatic carbocycles. The van der Waals surface area contributed by atoms with E-state index in [1.165, 1.54) is 83.5 Å². The van der Waals surface area contributed by atoms with Gasteiger partial charge in [-0.15, -0.1) is 0 Å². The van der Waals surface area contributed by atoms with Crippen molar-refractivity contribution in [1.29, 1.82) is 0 Å². The number of allylic oxidation sites excluding steroid dienone is 10. The molecule has 0 rings (SSSR count). The van der Waals surface area contributed by atoms with Crippen molar-refractivity contribution in [1.82, 2.24) is 0 Å². The van der Waals surface area contributed by atoms with Gasteiger partial charge in [-0.05, 0) is 51.4 Å². The van der Waals surface area contributed by atoms with Crippen LogP contribution in [0, 0.1) is 0 Å². The van der Waals surface area contributed by atoms with Crippen LogP contribution in [0.4, 0.5) is 0 Å². The zero-order valence-electron chi connectivity index (χ0n) is 33.2. The van der Waals surface area contributed by atoms with E-state index >= 15 is 0 Å². The third kappa shape index (κ3) is 37.5. The number of hydrogen-bond donors (Lipinski definition) is 1. The highest BCUT2D eigenvalue weighted by molar-refractivity contribution is 7.47. The van der Waals surface area contributed by atoms with Crippen LogP contribution in [0.2, 0.25) is 0 Å². The lowest BCUT2D eigenvalue weighted by Gasteiger charge is -2.19. The summed E-state index contributed by atoms with van der Waals surface area (Å²) in [5, 5.41) is 0. The standard InChI is InChI=1S/C43H75O8P/c1-4-6-8-10-12-14-16-18-20-22-24-26-28-30-32-34-36-38-43(45)51-41(40-50-52(46,47)48-3)39-49-42(44)37-35-33-31-29-27-25-23-21-19-17-15-13-11-9-7-5-2/h6,8,12,14,18,20,24,26,30,32,41H,4-5,7,9-11,13,15-17,19,21-23,25,27-29,31,33-40H2,1-3H3,(H,46,47)/b8-6-,14-12-,20-18-,26-24-,32-30-. The predicted octanol–water partition coefficient (Wildman–Crippen LogP) is 12.8. The lowest BCUT2D eigenvalue weighted by molar-refractivity contribution is -0.161. The highest BCUT2D eigenvalue weighted by Gasteiger charge is 2.24. The van der Waals surface area contributed by atoms with Crippen LogP contribution in [0.5, 0.6) is 0 Å². The largest absolute Gasteiger partial charge is 0.472 e. The third-order valence-electron chi connectivity index (χ3n) is 8.53. The van der Waals surface area contributed by atoms with Crippen LogP contribution < -0.4 is 0 Å². The average Bonchev–Trinajstić information content (AvgIpc) is 3.13. The van der Waals surface area contributed by atoms with Crippen LogP contribution in [0.3, 0.4) is 0 Å². The maximum Gasteiger partial charge on any atom is 0.472 e. The summed E-state index contributed by atoms with van der Waals surface area (Å²) in [5.41, 5.74) is 0. The van der Waals surface area contributed by atoms with Crippen LogP contribution in [0.15, 0.2) is 60.8 Å². The van der Waals surface area contributed by atoms with E-state index in [9.17, 15) is 19.0 Å². The number of phosphoric acid groups is 1. The van der Waals surface area contributed by atoms with Crippen LogP contribution in [-0.2, 0) is 32.7 Å². The van der Waals surface area contributed by atoms with Crippen LogP contribution in [0.25, 0.3) is 0 Å². The first kappa shape index (κ1) is 49.8. The van der Waals surface area contributed by atoms with Gasteiger partial charge in [0.2, 0.25) is 0 Å². The lowest BCUT2D eigenvalue weighted by atomic mass is 10.0. The van der Waals surface area contributed by atoms with Crippen LogP contribution in [-0.4, -0.2) is 43.3 Å². The van der Waals surface area contributed by atoms with E-state index in [4.69, 9.17) is 14.0 Å². The Hall–Kier alpha value is -2.25. The average molecular weight is 751 g/mol. The maximum atomic E-state index is 12.5. The minimum absolute atomic E-state index is 0.166. The van der Waals surface area contributed by atoms with Crippen molar-refractivity contribution in [2.24, 2.45) is 0 Å². The van der Waals surface area contributed by atoms with E-state index < -0.39 is 26.5 Å². The Bertz CT molecular complexity index is 1030. The number of carbonyl (C=O) groups is 2. The van der Waals surface area contributed by atoms with Gasteiger partial charge < -0.3 is 14.4 Å². The molecule has 0 aliphatic rings. The topological polar surface area (TPSA) is 108 Å². The van der Waals surface area contributed by atoms with Gasteiger partial charge in [-0.3, -0.25) is 18.6 Å². The lowest BCUT2D eigenvalue weighted by Crippen LogP contribution is -2.29. The van der Waals surface area contributed by atoms with Gasteiger partial charge in [-0.2, -0.15) is 0 Å². The molecule has 1 N–H and O–H groups in total. The zero-order chi connectivity index (χ0) is 38.2. The summed E-state index contributed by atoms with van der Waals surface area (Å²) in [5.74, 6) is -0.872. The summed E-state index contributed by atoms with van der Waals surface area (Å²) in [6, 6.07) is 0. The van der Waals surface area contributed by atoms with E-state index in [1.54, 1.807) is 0 Å². The summed E-state index contributed by atoms with van der Waals surface area (Å²) >= 11 is 0. The molecule has 0 heterocycles. The molecular weight excluding hydrogens is 675 g/mol. The second-order valence-electron chi connectivity index (χ2n) is 13.4. The number of phosphoric ester groups is 1. The molecule has 52 heavy (non-hydrogen) atoms. The fourth-order valence-electron chi connectivity index (χ4n) is 5.40. The van der Waals surface area contributed by atoms with Crippen LogP contribution >= 0.6 is 7.82 Å². The molecule has 0 amide bonds. The summed E-state index contributed by atoms with van der Waals surface area (Å²) in [4.78, 5) is 34.4. The molecule has 0 aromatic heterocycles. The van der Waals surface area contributed by atoms with Gasteiger partial charge in [0, 0.05) is 20.0 Å². The number of carbonyl (C=O) groups excluding carboxylic acids is 2. The van der Waals surface area contributed by atoms with Crippen molar-refractivity contribution in [3.63, 3.8) is 0 Å². The fourth-order valence-corrected chi connectivity index (χ4v) is 5.86. The van der Waals surface area contributed by atoms with E-state index in [2.05, 4.69) is 73.1 Å². The van der Waals surface area contributed by atoms with Crippen molar-refractivity contribution < 1.29 is 37.6 Å². The molecule has 0 saturated heterocycles. The molecule has 0 aliphatic heterocycles. The maximum absolute atomic E-state index is 12.5. The first-order chi connectivity index (χ1) is 25.3. The number of rotatable bonds is 37. The molecule has 300 valence electrons. The number of unbranched alkanes of at least 4 members (excludes halogenated alkanes) is 16. The predicted molar refractivity (Wildman–Crippen MR) is 216 cm³/mol. The molecule has 0 aromatic rings. The van der Waals surface area contributed by atoms with Gasteiger partial charge in [0.1, 0.15) is 6.61 Å². The minimum atomic E-state index is -4.28. The Morgan fingerprint density at radius 3 is 1.44 bits per heavy atom. The van der Waals surface area contributed by atoms with Crippen molar-refractivity contribution in [2.45, 2.75) is 180 Å². The second-order valence-corrected chi connectivity index (χ2v) is 15.0. The van der Waals surface area contributed by atoms with Crippen LogP contribution in [0.1, 0.15) is 174 Å². The second kappa shape index (κ2) is 38.5. The van der Waals surface area contributed by atoms with Crippen molar-refractivity contribution in [2.75, 3.05) is 20.3 Å². The zero-order valence-corrected chi connectivity index (χ0v) is 34.1. The molecule has 0 radical (unpaired) electrons. The molecule has 8 nitrogen and oxygen atoms in total. The summed E-state index contributed by atoms with van der Waals surface area (Å²) in [7, 11) is -3.23. The Morgan fingerprint density at radius 1 is 0.558 bits per heavy atom. The van der Waals surface area contributed by atoms with Gasteiger partial charge in [0.05, 0.1) is 6.61 Å². The van der Waals surface area contributed by atoms with E-state index in [0.29, 0.717) is 12.8 Å². The SMILES string of the molecule is CC/C=C\C/C=C\C/C=C\C/C=C\C/C=C\CCCC(=O)OC(COC(=O)CCCCCCCCCCCCCCCCCC)COP(=O)(O)OC. The molecule has 2 unspecified atom stereocenters. The molecule has 0 bridgehead atoms. The Balaban J connectivity index is 4.12. The molecule has 0 saturated carbocycles. The number of esters is 2. The molecule has 0 aromatic carbocycles. The quantitative estimate of drug-likeness (QED) is 0.0289. The molecule has 0 fully saturated rings. The van der Waals surface area contributed by atoms with Gasteiger partial charge >= 0.3 is 19.8 Å². The molecule has 9 heteroatoms. The van der Waals surface area contributed by atoms with E-state index in [0.717, 1.165) is 58.5 Å². The smallest absolute Gasteiger partial charge is 0.462 e. The highest BCUT2D eigenvalue weighted by Crippen LogP contribution is 2.42. The third-order valence-corrected chi connectivity index (χ3v) is 9.46. The minimum Gasteiger partial charge on any atom is -0.462 e. The Kier molecular flexibility index (Phi) is 36.8. The van der Waals surface area contributed by atoms with Crippen molar-refractivity contribution >= 4 is 19.8 Å². The number of hydrogen-bond acceptors (Lipinski definition) is 7. The molecular formula is C43H75O8P. The van der Waals surface area contributed by atoms with Gasteiger partial charge in [-0.25, -0.2) is 4.57 Å². The summed E-state index contributed by atoms with van der Waals surface area (Å²) < 4.78 is 31.9. The summed E-state index contributed by atoms with van der Waals surface area (Å²) in [6.07, 6.45) is 47.1. The monoisotopic (exact) mass is 751 g/mol. The Labute approximate surface area is 318 Å². The van der Waals surface area contributed by atoms with Gasteiger partial charge in [0.25, 0.3) is 0 Å². The normalized spacial score (nSPS) is 14.0. The van der Waals surface area contributed by atoms with E-state index in [-0.39, 0.29) is 25.4 Å². The van der Waals surface area contributed by atoms with Gasteiger partial charge in [-0.1, -0.05) is 171 Å². The molecule has 0 spiro atoms. The first-order valence-corrected chi connectivity index (χ1v) is 22.0. The first-order valence-electron chi connectivity index (χ1n) is 20.5. The van der Waals surface area contributed by atoms with Crippen molar-refractivity contribution in [3.05, 3.63) is 60.8 Å². The van der Waals surface area contributed by atoms with Crippen molar-refractivity contribution in [3.8, 4) is 0 Å². The summed E-state index contributed by atoms with van der Waals surface area (Å²) in [6.45, 7) is 3.73. The van der Waals surface area contributed by atoms with E-state index in [1.807, 2.05) is 6.08 Å². The molecule has 2 atom stereocenters. The number of ether oxygens (including phenoxy) is 2. The fraction of sp³-hybridized carbons (Fsp3) is 0.721. The van der Waals surface area contributed by atoms with Gasteiger partial charge in [0.15, 0.2) is 6.10 Å².